The molecule has 3 nitrogen and oxygen atoms in total. The molecule has 1 aromatic heterocycles. The zero-order valence-corrected chi connectivity index (χ0v) is 16.8. The predicted molar refractivity (Wildman–Crippen MR) is 115 cm³/mol. The quantitative estimate of drug-likeness (QED) is 0.494. The SMILES string of the molecule is CC1=CC1.Cc1cccc(C)c1NC(=O)C[n+]1ccc(-c2ccccc2)cc1. The van der Waals surface area contributed by atoms with E-state index in [1.165, 1.54) is 12.0 Å². The number of carbonyl (C=O) groups is 1. The fourth-order valence-corrected chi connectivity index (χ4v) is 2.84. The predicted octanol–water partition coefficient (Wildman–Crippen LogP) is 5.23. The zero-order chi connectivity index (χ0) is 19.9. The van der Waals surface area contributed by atoms with E-state index in [-0.39, 0.29) is 5.91 Å². The van der Waals surface area contributed by atoms with Crippen molar-refractivity contribution in [2.45, 2.75) is 33.7 Å². The highest BCUT2D eigenvalue weighted by molar-refractivity contribution is 5.91. The molecular formula is C25H27N2O+. The number of aryl methyl sites for hydroxylation is 2. The van der Waals surface area contributed by atoms with E-state index in [4.69, 9.17) is 0 Å². The van der Waals surface area contributed by atoms with Crippen molar-refractivity contribution in [1.29, 1.82) is 0 Å². The topological polar surface area (TPSA) is 33.0 Å². The van der Waals surface area contributed by atoms with Gasteiger partial charge in [-0.1, -0.05) is 60.2 Å². The van der Waals surface area contributed by atoms with E-state index in [2.05, 4.69) is 30.4 Å². The van der Waals surface area contributed by atoms with E-state index in [9.17, 15) is 4.79 Å². The van der Waals surface area contributed by atoms with Gasteiger partial charge in [-0.2, -0.15) is 4.57 Å². The van der Waals surface area contributed by atoms with Crippen LogP contribution in [0.15, 0.2) is 84.7 Å². The number of pyridine rings is 1. The molecule has 1 N–H and O–H groups in total. The van der Waals surface area contributed by atoms with E-state index < -0.39 is 0 Å². The van der Waals surface area contributed by atoms with Gasteiger partial charge in [0.2, 0.25) is 6.54 Å². The van der Waals surface area contributed by atoms with Crippen LogP contribution in [0.1, 0.15) is 24.5 Å². The molecule has 28 heavy (non-hydrogen) atoms. The lowest BCUT2D eigenvalue weighted by Crippen LogP contribution is -2.39. The highest BCUT2D eigenvalue weighted by atomic mass is 16.1. The number of para-hydroxylation sites is 1. The second-order valence-corrected chi connectivity index (χ2v) is 7.19. The molecule has 2 aromatic carbocycles. The van der Waals surface area contributed by atoms with Gasteiger partial charge in [0.05, 0.1) is 0 Å². The summed E-state index contributed by atoms with van der Waals surface area (Å²) in [6, 6.07) is 20.3. The minimum Gasteiger partial charge on any atom is -0.320 e. The summed E-state index contributed by atoms with van der Waals surface area (Å²) in [7, 11) is 0. The number of hydrogen-bond acceptors (Lipinski definition) is 1. The van der Waals surface area contributed by atoms with Gasteiger partial charge >= 0.3 is 0 Å². The van der Waals surface area contributed by atoms with Crippen molar-refractivity contribution >= 4 is 11.6 Å². The molecule has 4 rings (SSSR count). The summed E-state index contributed by atoms with van der Waals surface area (Å²) in [5.41, 5.74) is 6.91. The van der Waals surface area contributed by atoms with Crippen LogP contribution >= 0.6 is 0 Å². The van der Waals surface area contributed by atoms with Gasteiger partial charge in [0.15, 0.2) is 12.4 Å². The maximum Gasteiger partial charge on any atom is 0.290 e. The number of carbonyl (C=O) groups excluding carboxylic acids is 1. The molecule has 1 amide bonds. The number of benzene rings is 2. The molecule has 0 saturated carbocycles. The molecule has 0 aliphatic heterocycles. The Morgan fingerprint density at radius 1 is 0.857 bits per heavy atom. The number of amides is 1. The largest absolute Gasteiger partial charge is 0.320 e. The number of hydrogen-bond donors (Lipinski definition) is 1. The van der Waals surface area contributed by atoms with Crippen LogP contribution in [0.3, 0.4) is 0 Å². The molecule has 142 valence electrons. The first-order valence-corrected chi connectivity index (χ1v) is 9.59. The zero-order valence-electron chi connectivity index (χ0n) is 16.8. The molecule has 1 aliphatic rings. The van der Waals surface area contributed by atoms with E-state index >= 15 is 0 Å². The van der Waals surface area contributed by atoms with Crippen LogP contribution < -0.4 is 9.88 Å². The molecule has 0 fully saturated rings. The molecule has 1 heterocycles. The molecule has 0 unspecified atom stereocenters. The number of rotatable bonds is 4. The van der Waals surface area contributed by atoms with Crippen LogP contribution in [0.2, 0.25) is 0 Å². The van der Waals surface area contributed by atoms with E-state index in [1.54, 1.807) is 5.57 Å². The maximum atomic E-state index is 12.3. The standard InChI is InChI=1S/C21H20N2O.C4H6/c1-16-7-6-8-17(2)21(16)22-20(24)15-23-13-11-19(12-14-23)18-9-4-3-5-10-18;1-4-2-3-4/h3-14H,15H2,1-2H3;2H,3H2,1H3/p+1. The van der Waals surface area contributed by atoms with Crippen molar-refractivity contribution in [3.8, 4) is 11.1 Å². The van der Waals surface area contributed by atoms with E-state index in [1.807, 2.05) is 79.3 Å². The van der Waals surface area contributed by atoms with Gasteiger partial charge in [0, 0.05) is 17.8 Å². The third kappa shape index (κ3) is 5.65. The first-order chi connectivity index (χ1) is 13.5. The summed E-state index contributed by atoms with van der Waals surface area (Å²) in [4.78, 5) is 12.3. The summed E-state index contributed by atoms with van der Waals surface area (Å²) in [6.45, 7) is 6.44. The van der Waals surface area contributed by atoms with Crippen molar-refractivity contribution in [1.82, 2.24) is 0 Å². The summed E-state index contributed by atoms with van der Waals surface area (Å²) in [6.07, 6.45) is 7.36. The molecule has 0 bridgehead atoms. The van der Waals surface area contributed by atoms with Crippen LogP contribution in [0, 0.1) is 13.8 Å². The van der Waals surface area contributed by atoms with Gasteiger partial charge in [0.1, 0.15) is 0 Å². The average molecular weight is 372 g/mol. The molecule has 0 saturated heterocycles. The molecule has 3 heteroatoms. The Labute approximate surface area is 167 Å². The van der Waals surface area contributed by atoms with Crippen molar-refractivity contribution in [3.05, 3.63) is 95.8 Å². The van der Waals surface area contributed by atoms with Crippen molar-refractivity contribution in [2.24, 2.45) is 0 Å². The minimum atomic E-state index is -0.0233. The van der Waals surface area contributed by atoms with E-state index in [0.29, 0.717) is 6.54 Å². The van der Waals surface area contributed by atoms with Crippen LogP contribution in [0.5, 0.6) is 0 Å². The fourth-order valence-electron chi connectivity index (χ4n) is 2.84. The monoisotopic (exact) mass is 371 g/mol. The Morgan fingerprint density at radius 2 is 1.39 bits per heavy atom. The second kappa shape index (κ2) is 9.14. The maximum absolute atomic E-state index is 12.3. The molecular weight excluding hydrogens is 344 g/mol. The Hall–Kier alpha value is -3.20. The van der Waals surface area contributed by atoms with Gasteiger partial charge in [-0.05, 0) is 49.4 Å². The molecule has 3 aromatic rings. The summed E-state index contributed by atoms with van der Waals surface area (Å²) < 4.78 is 1.88. The Morgan fingerprint density at radius 3 is 1.93 bits per heavy atom. The van der Waals surface area contributed by atoms with Crippen LogP contribution in [-0.4, -0.2) is 5.91 Å². The lowest BCUT2D eigenvalue weighted by Gasteiger charge is -2.10. The summed E-state index contributed by atoms with van der Waals surface area (Å²) in [5, 5.41) is 3.01. The van der Waals surface area contributed by atoms with Crippen molar-refractivity contribution in [3.63, 3.8) is 0 Å². The van der Waals surface area contributed by atoms with Crippen molar-refractivity contribution < 1.29 is 9.36 Å². The Balaban J connectivity index is 0.000000500. The molecule has 0 atom stereocenters. The highest BCUT2D eigenvalue weighted by Gasteiger charge is 2.12. The first kappa shape index (κ1) is 19.6. The highest BCUT2D eigenvalue weighted by Crippen LogP contribution is 2.19. The third-order valence-electron chi connectivity index (χ3n) is 4.68. The summed E-state index contributed by atoms with van der Waals surface area (Å²) in [5.74, 6) is -0.0233. The first-order valence-electron chi connectivity index (χ1n) is 9.59. The third-order valence-corrected chi connectivity index (χ3v) is 4.68. The number of allylic oxidation sites excluding steroid dienone is 2. The Kier molecular flexibility index (Phi) is 6.38. The fraction of sp³-hybridized carbons (Fsp3) is 0.200. The number of anilines is 1. The number of nitrogens with one attached hydrogen (secondary N) is 1. The summed E-state index contributed by atoms with van der Waals surface area (Å²) >= 11 is 0. The molecule has 0 spiro atoms. The van der Waals surface area contributed by atoms with Crippen LogP contribution in [0.4, 0.5) is 5.69 Å². The lowest BCUT2D eigenvalue weighted by molar-refractivity contribution is -0.684. The minimum absolute atomic E-state index is 0.0233. The Bertz CT molecular complexity index is 953. The van der Waals surface area contributed by atoms with Crippen LogP contribution in [0.25, 0.3) is 11.1 Å². The number of aromatic nitrogens is 1. The smallest absolute Gasteiger partial charge is 0.290 e. The van der Waals surface area contributed by atoms with Gasteiger partial charge in [-0.15, -0.1) is 0 Å². The van der Waals surface area contributed by atoms with Crippen LogP contribution in [-0.2, 0) is 11.3 Å². The molecule has 1 aliphatic carbocycles. The van der Waals surface area contributed by atoms with Gasteiger partial charge in [0.25, 0.3) is 5.91 Å². The normalized spacial score (nSPS) is 11.8. The van der Waals surface area contributed by atoms with Gasteiger partial charge < -0.3 is 5.32 Å². The number of nitrogens with zero attached hydrogens (tertiary/aromatic N) is 1. The average Bonchev–Trinajstić information content (AvgIpc) is 3.49. The second-order valence-electron chi connectivity index (χ2n) is 7.19. The van der Waals surface area contributed by atoms with Gasteiger partial charge in [-0.25, -0.2) is 0 Å². The lowest BCUT2D eigenvalue weighted by atomic mass is 10.1. The van der Waals surface area contributed by atoms with E-state index in [0.717, 1.165) is 22.4 Å². The van der Waals surface area contributed by atoms with Gasteiger partial charge in [-0.3, -0.25) is 4.79 Å². The molecule has 0 radical (unpaired) electrons. The van der Waals surface area contributed by atoms with Crippen molar-refractivity contribution in [2.75, 3.05) is 5.32 Å².